The molecule has 7 heteroatoms. The van der Waals surface area contributed by atoms with Gasteiger partial charge in [0.1, 0.15) is 5.82 Å². The first-order valence-electron chi connectivity index (χ1n) is 8.98. The van der Waals surface area contributed by atoms with E-state index in [1.807, 2.05) is 55.5 Å². The fourth-order valence-electron chi connectivity index (χ4n) is 2.74. The van der Waals surface area contributed by atoms with Crippen molar-refractivity contribution >= 4 is 33.6 Å². The molecule has 144 valence electrons. The third kappa shape index (κ3) is 5.29. The van der Waals surface area contributed by atoms with Crippen LogP contribution in [0.1, 0.15) is 28.9 Å². The van der Waals surface area contributed by atoms with Gasteiger partial charge in [-0.25, -0.2) is 4.68 Å². The maximum absolute atomic E-state index is 12.3. The van der Waals surface area contributed by atoms with Crippen LogP contribution in [-0.2, 0) is 4.79 Å². The molecular weight excluding hydrogens is 420 g/mol. The fraction of sp³-hybridized carbons (Fsp3) is 0.190. The van der Waals surface area contributed by atoms with E-state index in [-0.39, 0.29) is 11.8 Å². The van der Waals surface area contributed by atoms with E-state index in [2.05, 4.69) is 31.7 Å². The number of anilines is 1. The summed E-state index contributed by atoms with van der Waals surface area (Å²) in [4.78, 5) is 24.3. The van der Waals surface area contributed by atoms with Gasteiger partial charge in [-0.05, 0) is 43.7 Å². The number of nitrogens with zero attached hydrogens (tertiary/aromatic N) is 2. The molecule has 0 unspecified atom stereocenters. The number of nitrogens with one attached hydrogen (secondary N) is 2. The Bertz CT molecular complexity index is 970. The molecule has 0 saturated heterocycles. The van der Waals surface area contributed by atoms with E-state index in [1.54, 1.807) is 16.8 Å². The molecule has 0 aliphatic heterocycles. The Labute approximate surface area is 172 Å². The highest BCUT2D eigenvalue weighted by atomic mass is 79.9. The molecule has 2 aromatic carbocycles. The Balaban J connectivity index is 1.52. The van der Waals surface area contributed by atoms with E-state index in [0.717, 1.165) is 15.9 Å². The van der Waals surface area contributed by atoms with Gasteiger partial charge in [-0.1, -0.05) is 40.2 Å². The molecule has 0 aliphatic carbocycles. The summed E-state index contributed by atoms with van der Waals surface area (Å²) >= 11 is 3.45. The number of benzene rings is 2. The molecule has 6 nitrogen and oxygen atoms in total. The van der Waals surface area contributed by atoms with E-state index < -0.39 is 0 Å². The molecule has 0 spiro atoms. The number of amides is 2. The molecule has 0 atom stereocenters. The summed E-state index contributed by atoms with van der Waals surface area (Å²) in [5.41, 5.74) is 2.28. The van der Waals surface area contributed by atoms with Crippen LogP contribution in [0.4, 0.5) is 5.82 Å². The van der Waals surface area contributed by atoms with E-state index in [1.165, 1.54) is 0 Å². The highest BCUT2D eigenvalue weighted by molar-refractivity contribution is 9.10. The van der Waals surface area contributed by atoms with Crippen LogP contribution < -0.4 is 10.6 Å². The number of halogens is 1. The number of aryl methyl sites for hydroxylation is 1. The van der Waals surface area contributed by atoms with Crippen molar-refractivity contribution in [3.8, 4) is 5.69 Å². The number of carbonyl (C=O) groups excluding carboxylic acids is 2. The molecule has 3 rings (SSSR count). The minimum atomic E-state index is -0.135. The minimum absolute atomic E-state index is 0.120. The number of carbonyl (C=O) groups is 2. The van der Waals surface area contributed by atoms with Gasteiger partial charge in [0.2, 0.25) is 5.91 Å². The van der Waals surface area contributed by atoms with E-state index in [0.29, 0.717) is 30.8 Å². The van der Waals surface area contributed by atoms with Crippen LogP contribution in [0, 0.1) is 6.92 Å². The second-order valence-electron chi connectivity index (χ2n) is 6.34. The topological polar surface area (TPSA) is 76.0 Å². The second kappa shape index (κ2) is 9.32. The predicted molar refractivity (Wildman–Crippen MR) is 113 cm³/mol. The molecule has 0 radical (unpaired) electrons. The van der Waals surface area contributed by atoms with Crippen molar-refractivity contribution in [3.05, 3.63) is 76.4 Å². The molecule has 3 aromatic rings. The van der Waals surface area contributed by atoms with E-state index >= 15 is 0 Å². The lowest BCUT2D eigenvalue weighted by Gasteiger charge is -2.09. The van der Waals surface area contributed by atoms with E-state index in [9.17, 15) is 9.59 Å². The van der Waals surface area contributed by atoms with Crippen LogP contribution in [0.5, 0.6) is 0 Å². The van der Waals surface area contributed by atoms with Crippen LogP contribution in [0.2, 0.25) is 0 Å². The van der Waals surface area contributed by atoms with Crippen LogP contribution >= 0.6 is 15.9 Å². The first-order chi connectivity index (χ1) is 13.5. The van der Waals surface area contributed by atoms with Gasteiger partial charge < -0.3 is 10.6 Å². The van der Waals surface area contributed by atoms with Crippen LogP contribution in [0.25, 0.3) is 5.69 Å². The quantitative estimate of drug-likeness (QED) is 0.543. The standard InChI is InChI=1S/C21H21BrN4O2/c1-15-13-19(26(25-15)18-10-5-9-17(22)14-18)24-20(27)11-6-12-23-21(28)16-7-3-2-4-8-16/h2-5,7-10,13-14H,6,11-12H2,1H3,(H,23,28)(H,24,27). The largest absolute Gasteiger partial charge is 0.352 e. The summed E-state index contributed by atoms with van der Waals surface area (Å²) in [7, 11) is 0. The maximum Gasteiger partial charge on any atom is 0.251 e. The summed E-state index contributed by atoms with van der Waals surface area (Å²) in [6.07, 6.45) is 0.853. The maximum atomic E-state index is 12.3. The van der Waals surface area contributed by atoms with Crippen LogP contribution in [0.15, 0.2) is 65.1 Å². The Morgan fingerprint density at radius 3 is 2.61 bits per heavy atom. The van der Waals surface area contributed by atoms with Crippen molar-refractivity contribution in [1.29, 1.82) is 0 Å². The Morgan fingerprint density at radius 1 is 1.07 bits per heavy atom. The third-order valence-corrected chi connectivity index (χ3v) is 4.55. The zero-order valence-corrected chi connectivity index (χ0v) is 17.1. The molecule has 2 amide bonds. The lowest BCUT2D eigenvalue weighted by molar-refractivity contribution is -0.116. The number of hydrogen-bond donors (Lipinski definition) is 2. The molecule has 1 heterocycles. The molecule has 2 N–H and O–H groups in total. The number of rotatable bonds is 7. The zero-order chi connectivity index (χ0) is 19.9. The van der Waals surface area contributed by atoms with Gasteiger partial charge in [-0.3, -0.25) is 9.59 Å². The molecule has 28 heavy (non-hydrogen) atoms. The van der Waals surface area contributed by atoms with Crippen LogP contribution in [0.3, 0.4) is 0 Å². The Kier molecular flexibility index (Phi) is 6.60. The van der Waals surface area contributed by atoms with Gasteiger partial charge in [-0.15, -0.1) is 0 Å². The summed E-state index contributed by atoms with van der Waals surface area (Å²) in [6.45, 7) is 2.31. The van der Waals surface area contributed by atoms with Crippen LogP contribution in [-0.4, -0.2) is 28.1 Å². The summed E-state index contributed by atoms with van der Waals surface area (Å²) in [5, 5.41) is 10.2. The Morgan fingerprint density at radius 2 is 1.86 bits per heavy atom. The highest BCUT2D eigenvalue weighted by Gasteiger charge is 2.11. The highest BCUT2D eigenvalue weighted by Crippen LogP contribution is 2.20. The summed E-state index contributed by atoms with van der Waals surface area (Å²) in [6, 6.07) is 18.5. The van der Waals surface area contributed by atoms with Crippen molar-refractivity contribution in [1.82, 2.24) is 15.1 Å². The molecular formula is C21H21BrN4O2. The van der Waals surface area contributed by atoms with E-state index in [4.69, 9.17) is 0 Å². The first-order valence-corrected chi connectivity index (χ1v) is 9.78. The van der Waals surface area contributed by atoms with Crippen molar-refractivity contribution in [2.24, 2.45) is 0 Å². The average molecular weight is 441 g/mol. The normalized spacial score (nSPS) is 10.5. The molecule has 0 saturated carbocycles. The van der Waals surface area contributed by atoms with Crippen molar-refractivity contribution < 1.29 is 9.59 Å². The van der Waals surface area contributed by atoms with Gasteiger partial charge in [0.05, 0.1) is 11.4 Å². The van der Waals surface area contributed by atoms with Gasteiger partial charge >= 0.3 is 0 Å². The first kappa shape index (κ1) is 19.8. The van der Waals surface area contributed by atoms with Crippen molar-refractivity contribution in [2.75, 3.05) is 11.9 Å². The Hall–Kier alpha value is -2.93. The molecule has 0 fully saturated rings. The lowest BCUT2D eigenvalue weighted by atomic mass is 10.2. The van der Waals surface area contributed by atoms with Crippen molar-refractivity contribution in [2.45, 2.75) is 19.8 Å². The fourth-order valence-corrected chi connectivity index (χ4v) is 3.13. The summed E-state index contributed by atoms with van der Waals surface area (Å²) in [5.74, 6) is 0.364. The molecule has 0 bridgehead atoms. The molecule has 1 aromatic heterocycles. The summed E-state index contributed by atoms with van der Waals surface area (Å²) < 4.78 is 2.64. The van der Waals surface area contributed by atoms with Gasteiger partial charge in [0.25, 0.3) is 5.91 Å². The average Bonchev–Trinajstić information content (AvgIpc) is 3.06. The molecule has 0 aliphatic rings. The second-order valence-corrected chi connectivity index (χ2v) is 7.25. The predicted octanol–water partition coefficient (Wildman–Crippen LogP) is 4.09. The minimum Gasteiger partial charge on any atom is -0.352 e. The van der Waals surface area contributed by atoms with Gasteiger partial charge in [0.15, 0.2) is 0 Å². The van der Waals surface area contributed by atoms with Gasteiger partial charge in [-0.2, -0.15) is 5.10 Å². The monoisotopic (exact) mass is 440 g/mol. The third-order valence-electron chi connectivity index (χ3n) is 4.05. The van der Waals surface area contributed by atoms with Crippen molar-refractivity contribution in [3.63, 3.8) is 0 Å². The van der Waals surface area contributed by atoms with Gasteiger partial charge in [0, 0.05) is 29.1 Å². The zero-order valence-electron chi connectivity index (χ0n) is 15.5. The number of aromatic nitrogens is 2. The SMILES string of the molecule is Cc1cc(NC(=O)CCCNC(=O)c2ccccc2)n(-c2cccc(Br)c2)n1. The smallest absolute Gasteiger partial charge is 0.251 e. The lowest BCUT2D eigenvalue weighted by Crippen LogP contribution is -2.25. The number of hydrogen-bond acceptors (Lipinski definition) is 3.